The maximum atomic E-state index is 13.2. The molecule has 2 atom stereocenters. The van der Waals surface area contributed by atoms with E-state index in [0.29, 0.717) is 36.7 Å². The van der Waals surface area contributed by atoms with E-state index < -0.39 is 12.6 Å². The number of piperazine rings is 1. The Balaban J connectivity index is 1.61. The first-order valence-corrected chi connectivity index (χ1v) is 12.0. The third kappa shape index (κ3) is 7.50. The summed E-state index contributed by atoms with van der Waals surface area (Å²) in [5.74, 6) is -1.07. The van der Waals surface area contributed by atoms with E-state index in [9.17, 15) is 14.0 Å². The van der Waals surface area contributed by atoms with Crippen LogP contribution >= 0.6 is 15.9 Å². The molecule has 188 valence electrons. The zero-order chi connectivity index (χ0) is 25.5. The standard InChI is InChI=1S/C25H29BrFN3O5/c1-16-12-30(17(2)11-29(16)13-19-4-7-21(27)8-5-19)24(31)14-34-23-9-6-20(26)10-22(23)18(3)28-35-15-25(32)33/h4-10,16-17H,11-15H2,1-3H3,(H,32,33)/t16-,17+/m0/s1. The van der Waals surface area contributed by atoms with Crippen molar-refractivity contribution in [2.45, 2.75) is 39.4 Å². The van der Waals surface area contributed by atoms with Crippen LogP contribution in [0.5, 0.6) is 5.75 Å². The van der Waals surface area contributed by atoms with E-state index in [0.717, 1.165) is 10.0 Å². The summed E-state index contributed by atoms with van der Waals surface area (Å²) in [6.45, 7) is 6.98. The van der Waals surface area contributed by atoms with Crippen LogP contribution in [0.3, 0.4) is 0 Å². The molecule has 8 nitrogen and oxygen atoms in total. The Morgan fingerprint density at radius 2 is 1.83 bits per heavy atom. The van der Waals surface area contributed by atoms with Crippen molar-refractivity contribution >= 4 is 33.5 Å². The van der Waals surface area contributed by atoms with Crippen molar-refractivity contribution in [1.29, 1.82) is 0 Å². The molecule has 1 aliphatic rings. The van der Waals surface area contributed by atoms with Gasteiger partial charge in [-0.3, -0.25) is 9.69 Å². The molecule has 35 heavy (non-hydrogen) atoms. The summed E-state index contributed by atoms with van der Waals surface area (Å²) in [4.78, 5) is 32.6. The summed E-state index contributed by atoms with van der Waals surface area (Å²) in [6.07, 6.45) is 0. The predicted octanol–water partition coefficient (Wildman–Crippen LogP) is 3.91. The van der Waals surface area contributed by atoms with Crippen LogP contribution in [0.25, 0.3) is 0 Å². The fourth-order valence-corrected chi connectivity index (χ4v) is 4.32. The number of amides is 1. The van der Waals surface area contributed by atoms with Gasteiger partial charge in [-0.1, -0.05) is 33.2 Å². The van der Waals surface area contributed by atoms with Crippen molar-refractivity contribution in [3.05, 3.63) is 63.9 Å². The van der Waals surface area contributed by atoms with Gasteiger partial charge < -0.3 is 19.6 Å². The maximum absolute atomic E-state index is 13.2. The van der Waals surface area contributed by atoms with Gasteiger partial charge in [-0.05, 0) is 56.7 Å². The maximum Gasteiger partial charge on any atom is 0.344 e. The van der Waals surface area contributed by atoms with Gasteiger partial charge in [-0.25, -0.2) is 9.18 Å². The van der Waals surface area contributed by atoms with Crippen LogP contribution in [0.4, 0.5) is 4.39 Å². The first kappa shape index (κ1) is 26.6. The first-order valence-electron chi connectivity index (χ1n) is 11.2. The van der Waals surface area contributed by atoms with Gasteiger partial charge in [-0.2, -0.15) is 0 Å². The summed E-state index contributed by atoms with van der Waals surface area (Å²) in [7, 11) is 0. The highest BCUT2D eigenvalue weighted by Crippen LogP contribution is 2.25. The first-order chi connectivity index (χ1) is 16.6. The summed E-state index contributed by atoms with van der Waals surface area (Å²) in [5.41, 5.74) is 2.04. The van der Waals surface area contributed by atoms with Gasteiger partial charge in [0.15, 0.2) is 6.61 Å². The molecule has 3 rings (SSSR count). The second kappa shape index (κ2) is 12.1. The van der Waals surface area contributed by atoms with Gasteiger partial charge in [-0.15, -0.1) is 0 Å². The summed E-state index contributed by atoms with van der Waals surface area (Å²) in [5, 5.41) is 12.6. The number of aliphatic carboxylic acids is 1. The molecule has 1 fully saturated rings. The number of rotatable bonds is 9. The molecule has 1 N–H and O–H groups in total. The number of hydrogen-bond acceptors (Lipinski definition) is 6. The molecule has 1 heterocycles. The zero-order valence-corrected chi connectivity index (χ0v) is 21.5. The number of nitrogens with zero attached hydrogens (tertiary/aromatic N) is 3. The number of carboxylic acid groups (broad SMARTS) is 1. The topological polar surface area (TPSA) is 91.7 Å². The molecular formula is C25H29BrFN3O5. The van der Waals surface area contributed by atoms with E-state index in [4.69, 9.17) is 14.7 Å². The zero-order valence-electron chi connectivity index (χ0n) is 19.9. The van der Waals surface area contributed by atoms with Crippen molar-refractivity contribution in [3.8, 4) is 5.75 Å². The average molecular weight is 550 g/mol. The van der Waals surface area contributed by atoms with Crippen LogP contribution in [-0.4, -0.2) is 70.9 Å². The molecule has 0 unspecified atom stereocenters. The number of hydrogen-bond donors (Lipinski definition) is 1. The van der Waals surface area contributed by atoms with Gasteiger partial charge in [0.05, 0.1) is 5.71 Å². The van der Waals surface area contributed by atoms with Crippen LogP contribution in [0.15, 0.2) is 52.1 Å². The van der Waals surface area contributed by atoms with Crippen molar-refractivity contribution in [3.63, 3.8) is 0 Å². The summed E-state index contributed by atoms with van der Waals surface area (Å²) >= 11 is 3.40. The molecule has 10 heteroatoms. The Labute approximate surface area is 212 Å². The number of benzene rings is 2. The van der Waals surface area contributed by atoms with E-state index in [1.165, 1.54) is 12.1 Å². The van der Waals surface area contributed by atoms with E-state index in [1.807, 2.05) is 11.8 Å². The van der Waals surface area contributed by atoms with Crippen LogP contribution in [0, 0.1) is 5.82 Å². The SMILES string of the molecule is CC(=NOCC(=O)O)c1cc(Br)ccc1OCC(=O)N1C[C@H](C)N(Cc2ccc(F)cc2)C[C@H]1C. The molecule has 0 spiro atoms. The summed E-state index contributed by atoms with van der Waals surface area (Å²) < 4.78 is 19.8. The Morgan fingerprint density at radius 3 is 2.51 bits per heavy atom. The van der Waals surface area contributed by atoms with Gasteiger partial charge in [0.1, 0.15) is 11.6 Å². The highest BCUT2D eigenvalue weighted by atomic mass is 79.9. The third-order valence-corrected chi connectivity index (χ3v) is 6.30. The minimum atomic E-state index is -1.13. The second-order valence-electron chi connectivity index (χ2n) is 8.57. The molecule has 1 amide bonds. The number of carbonyl (C=O) groups excluding carboxylic acids is 1. The van der Waals surface area contributed by atoms with Crippen molar-refractivity contribution < 1.29 is 28.7 Å². The molecule has 0 aliphatic carbocycles. The number of ether oxygens (including phenoxy) is 1. The quantitative estimate of drug-likeness (QED) is 0.376. The van der Waals surface area contributed by atoms with Crippen molar-refractivity contribution in [2.24, 2.45) is 5.16 Å². The lowest BCUT2D eigenvalue weighted by atomic mass is 10.1. The van der Waals surface area contributed by atoms with Crippen molar-refractivity contribution in [2.75, 3.05) is 26.3 Å². The van der Waals surface area contributed by atoms with Gasteiger partial charge in [0.25, 0.3) is 5.91 Å². The highest BCUT2D eigenvalue weighted by Gasteiger charge is 2.32. The Hall–Kier alpha value is -2.98. The van der Waals surface area contributed by atoms with Gasteiger partial charge in [0.2, 0.25) is 6.61 Å². The van der Waals surface area contributed by atoms with Crippen molar-refractivity contribution in [1.82, 2.24) is 9.80 Å². The smallest absolute Gasteiger partial charge is 0.344 e. The molecular weight excluding hydrogens is 521 g/mol. The number of carbonyl (C=O) groups is 2. The van der Waals surface area contributed by atoms with E-state index in [1.54, 1.807) is 37.3 Å². The number of carboxylic acids is 1. The van der Waals surface area contributed by atoms with E-state index >= 15 is 0 Å². The van der Waals surface area contributed by atoms with Crippen LogP contribution in [-0.2, 0) is 21.0 Å². The Bertz CT molecular complexity index is 1080. The fraction of sp³-hybridized carbons (Fsp3) is 0.400. The van der Waals surface area contributed by atoms with E-state index in [2.05, 4.69) is 32.9 Å². The average Bonchev–Trinajstić information content (AvgIpc) is 2.81. The fourth-order valence-electron chi connectivity index (χ4n) is 3.96. The van der Waals surface area contributed by atoms with Gasteiger partial charge >= 0.3 is 5.97 Å². The second-order valence-corrected chi connectivity index (χ2v) is 9.49. The predicted molar refractivity (Wildman–Crippen MR) is 133 cm³/mol. The van der Waals surface area contributed by atoms with Crippen LogP contribution in [0.1, 0.15) is 31.9 Å². The molecule has 1 aliphatic heterocycles. The molecule has 2 aromatic rings. The Morgan fingerprint density at radius 1 is 1.11 bits per heavy atom. The third-order valence-electron chi connectivity index (χ3n) is 5.81. The molecule has 0 bridgehead atoms. The molecule has 2 aromatic carbocycles. The normalized spacial score (nSPS) is 18.9. The van der Waals surface area contributed by atoms with Crippen LogP contribution in [0.2, 0.25) is 0 Å². The lowest BCUT2D eigenvalue weighted by Crippen LogP contribution is -2.58. The molecule has 0 aromatic heterocycles. The number of halogens is 2. The summed E-state index contributed by atoms with van der Waals surface area (Å²) in [6, 6.07) is 11.9. The van der Waals surface area contributed by atoms with Gasteiger partial charge in [0, 0.05) is 41.8 Å². The van der Waals surface area contributed by atoms with E-state index in [-0.39, 0.29) is 30.4 Å². The molecule has 1 saturated heterocycles. The monoisotopic (exact) mass is 549 g/mol. The van der Waals surface area contributed by atoms with Crippen LogP contribution < -0.4 is 4.74 Å². The largest absolute Gasteiger partial charge is 0.483 e. The highest BCUT2D eigenvalue weighted by molar-refractivity contribution is 9.10. The lowest BCUT2D eigenvalue weighted by molar-refractivity contribution is -0.142. The lowest BCUT2D eigenvalue weighted by Gasteiger charge is -2.44. The minimum Gasteiger partial charge on any atom is -0.483 e. The number of oxime groups is 1. The Kier molecular flexibility index (Phi) is 9.22. The molecule has 0 saturated carbocycles. The molecule has 0 radical (unpaired) electrons. The minimum absolute atomic E-state index is 0.0140.